The van der Waals surface area contributed by atoms with Crippen LogP contribution in [0.15, 0.2) is 121 Å². The van der Waals surface area contributed by atoms with Crippen molar-refractivity contribution in [3.8, 4) is 0 Å². The molecule has 0 bridgehead atoms. The summed E-state index contributed by atoms with van der Waals surface area (Å²) in [4.78, 5) is 0. The van der Waals surface area contributed by atoms with Crippen LogP contribution in [0.25, 0.3) is 0 Å². The van der Waals surface area contributed by atoms with Crippen molar-refractivity contribution in [1.82, 2.24) is 0 Å². The topological polar surface area (TPSA) is 80.3 Å². The van der Waals surface area contributed by atoms with Gasteiger partial charge in [-0.1, -0.05) is 121 Å². The molecule has 4 rings (SSSR count). The lowest BCUT2D eigenvalue weighted by Gasteiger charge is -2.33. The molecule has 0 aromatic heterocycles. The third-order valence-corrected chi connectivity index (χ3v) is 13.9. The number of hydrogen-bond acceptors (Lipinski definition) is 7. The summed E-state index contributed by atoms with van der Waals surface area (Å²) in [5.41, 5.74) is 3.75. The SMILES string of the molecule is CC(C)(CCCOCCCC(C)(C)P(=O)(OCc1ccccc1)OCc1ccccc1)P(=O)(OCc1ccccc1)OCc1ccccc1. The number of benzene rings is 4. The summed E-state index contributed by atoms with van der Waals surface area (Å²) in [6, 6.07) is 38.9. The highest BCUT2D eigenvalue weighted by molar-refractivity contribution is 7.55. The van der Waals surface area contributed by atoms with Gasteiger partial charge in [-0.05, 0) is 75.6 Å². The molecule has 0 saturated heterocycles. The number of ether oxygens (including phenoxy) is 1. The molecule has 7 nitrogen and oxygen atoms in total. The summed E-state index contributed by atoms with van der Waals surface area (Å²) in [6.07, 6.45) is 2.55. The van der Waals surface area contributed by atoms with Crippen LogP contribution in [0.1, 0.15) is 75.6 Å². The van der Waals surface area contributed by atoms with Gasteiger partial charge in [0, 0.05) is 13.2 Å². The summed E-state index contributed by atoms with van der Waals surface area (Å²) < 4.78 is 59.1. The van der Waals surface area contributed by atoms with Crippen LogP contribution in [0, 0.1) is 0 Å². The highest BCUT2D eigenvalue weighted by Gasteiger charge is 2.44. The molecule has 0 aliphatic rings. The molecule has 0 amide bonds. The van der Waals surface area contributed by atoms with Crippen molar-refractivity contribution in [2.45, 2.75) is 90.1 Å². The molecule has 264 valence electrons. The van der Waals surface area contributed by atoms with Gasteiger partial charge in [0.05, 0.1) is 36.7 Å². The van der Waals surface area contributed by atoms with Crippen molar-refractivity contribution in [3.05, 3.63) is 144 Å². The summed E-state index contributed by atoms with van der Waals surface area (Å²) in [6.45, 7) is 9.56. The third kappa shape index (κ3) is 12.2. The van der Waals surface area contributed by atoms with Crippen LogP contribution in [0.2, 0.25) is 0 Å². The highest BCUT2D eigenvalue weighted by atomic mass is 31.2. The molecule has 0 atom stereocenters. The lowest BCUT2D eigenvalue weighted by atomic mass is 10.1. The molecule has 0 aliphatic carbocycles. The molecule has 0 spiro atoms. The van der Waals surface area contributed by atoms with Crippen LogP contribution in [0.4, 0.5) is 0 Å². The fourth-order valence-electron chi connectivity index (χ4n) is 5.30. The van der Waals surface area contributed by atoms with Gasteiger partial charge in [-0.2, -0.15) is 0 Å². The second-order valence-corrected chi connectivity index (χ2v) is 18.9. The van der Waals surface area contributed by atoms with Crippen molar-refractivity contribution in [2.75, 3.05) is 13.2 Å². The normalized spacial score (nSPS) is 12.7. The molecule has 9 heteroatoms. The van der Waals surface area contributed by atoms with Gasteiger partial charge in [0.2, 0.25) is 0 Å². The van der Waals surface area contributed by atoms with Gasteiger partial charge in [-0.15, -0.1) is 0 Å². The van der Waals surface area contributed by atoms with E-state index in [0.29, 0.717) is 38.9 Å². The molecular weight excluding hydrogens is 654 g/mol. The minimum absolute atomic E-state index is 0.205. The average molecular weight is 707 g/mol. The van der Waals surface area contributed by atoms with E-state index in [-0.39, 0.29) is 26.4 Å². The molecule has 0 heterocycles. The van der Waals surface area contributed by atoms with Crippen LogP contribution in [-0.4, -0.2) is 23.5 Å². The Morgan fingerprint density at radius 2 is 0.673 bits per heavy atom. The van der Waals surface area contributed by atoms with E-state index in [4.69, 9.17) is 22.8 Å². The van der Waals surface area contributed by atoms with Crippen molar-refractivity contribution in [2.24, 2.45) is 0 Å². The molecule has 0 N–H and O–H groups in total. The average Bonchev–Trinajstić information content (AvgIpc) is 3.12. The van der Waals surface area contributed by atoms with E-state index >= 15 is 0 Å². The first-order valence-electron chi connectivity index (χ1n) is 17.0. The molecule has 0 saturated carbocycles. The quantitative estimate of drug-likeness (QED) is 0.0594. The summed E-state index contributed by atoms with van der Waals surface area (Å²) in [5, 5.41) is -1.47. The monoisotopic (exact) mass is 706 g/mol. The fraction of sp³-hybridized carbons (Fsp3) is 0.400. The number of rotatable bonds is 22. The summed E-state index contributed by atoms with van der Waals surface area (Å²) in [5.74, 6) is 0. The molecule has 4 aromatic rings. The van der Waals surface area contributed by atoms with Gasteiger partial charge < -0.3 is 22.8 Å². The Kier molecular flexibility index (Phi) is 15.1. The largest absolute Gasteiger partial charge is 0.381 e. The van der Waals surface area contributed by atoms with E-state index in [9.17, 15) is 9.13 Å². The third-order valence-electron chi connectivity index (χ3n) is 8.61. The lowest BCUT2D eigenvalue weighted by Crippen LogP contribution is -2.25. The summed E-state index contributed by atoms with van der Waals surface area (Å²) in [7, 11) is -7.06. The maximum atomic E-state index is 14.3. The first kappa shape index (κ1) is 38.9. The van der Waals surface area contributed by atoms with Crippen molar-refractivity contribution in [1.29, 1.82) is 0 Å². The lowest BCUT2D eigenvalue weighted by molar-refractivity contribution is 0.117. The highest BCUT2D eigenvalue weighted by Crippen LogP contribution is 2.63. The number of hydrogen-bond donors (Lipinski definition) is 0. The van der Waals surface area contributed by atoms with Crippen LogP contribution < -0.4 is 0 Å². The Balaban J connectivity index is 1.28. The Hall–Kier alpha value is -2.86. The van der Waals surface area contributed by atoms with Crippen molar-refractivity contribution < 1.29 is 32.0 Å². The van der Waals surface area contributed by atoms with Gasteiger partial charge in [0.25, 0.3) is 0 Å². The first-order chi connectivity index (χ1) is 23.5. The zero-order valence-electron chi connectivity index (χ0n) is 29.4. The maximum absolute atomic E-state index is 14.3. The second-order valence-electron chi connectivity index (χ2n) is 13.5. The fourth-order valence-corrected chi connectivity index (χ4v) is 8.99. The molecule has 0 unspecified atom stereocenters. The van der Waals surface area contributed by atoms with E-state index in [2.05, 4.69) is 0 Å². The van der Waals surface area contributed by atoms with Gasteiger partial charge in [0.15, 0.2) is 0 Å². The predicted molar refractivity (Wildman–Crippen MR) is 198 cm³/mol. The van der Waals surface area contributed by atoms with Crippen molar-refractivity contribution in [3.63, 3.8) is 0 Å². The van der Waals surface area contributed by atoms with Crippen LogP contribution >= 0.6 is 15.2 Å². The Morgan fingerprint density at radius 1 is 0.429 bits per heavy atom. The van der Waals surface area contributed by atoms with E-state index in [1.54, 1.807) is 0 Å². The minimum Gasteiger partial charge on any atom is -0.381 e. The van der Waals surface area contributed by atoms with Crippen LogP contribution in [0.5, 0.6) is 0 Å². The van der Waals surface area contributed by atoms with E-state index < -0.39 is 25.5 Å². The zero-order valence-corrected chi connectivity index (χ0v) is 31.2. The van der Waals surface area contributed by atoms with E-state index in [0.717, 1.165) is 22.3 Å². The molecule has 49 heavy (non-hydrogen) atoms. The summed E-state index contributed by atoms with van der Waals surface area (Å²) >= 11 is 0. The Morgan fingerprint density at radius 3 is 0.918 bits per heavy atom. The van der Waals surface area contributed by atoms with Gasteiger partial charge >= 0.3 is 15.2 Å². The van der Waals surface area contributed by atoms with E-state index in [1.165, 1.54) is 0 Å². The minimum atomic E-state index is -3.53. The molecular formula is C40H52O7P2. The van der Waals surface area contributed by atoms with Crippen LogP contribution in [-0.2, 0) is 58.4 Å². The zero-order chi connectivity index (χ0) is 35.1. The van der Waals surface area contributed by atoms with Gasteiger partial charge in [0.1, 0.15) is 0 Å². The van der Waals surface area contributed by atoms with Crippen LogP contribution in [0.3, 0.4) is 0 Å². The smallest absolute Gasteiger partial charge is 0.336 e. The second kappa shape index (κ2) is 18.9. The van der Waals surface area contributed by atoms with Gasteiger partial charge in [-0.25, -0.2) is 0 Å². The first-order valence-corrected chi connectivity index (χ1v) is 20.1. The molecule has 0 radical (unpaired) electrons. The molecule has 0 fully saturated rings. The predicted octanol–water partition coefficient (Wildman–Crippen LogP) is 11.4. The molecule has 0 aliphatic heterocycles. The molecule has 4 aromatic carbocycles. The Bertz CT molecular complexity index is 1380. The maximum Gasteiger partial charge on any atom is 0.336 e. The standard InChI is InChI=1S/C40H52O7P2/c1-39(2,48(41,44-31-35-19-9-5-10-20-35)45-32-36-21-11-6-12-22-36)27-17-29-43-30-18-28-40(3,4)49(42,46-33-37-23-13-7-14-24-37)47-34-38-25-15-8-16-26-38/h5-16,19-26H,17-18,27-34H2,1-4H3. The van der Waals surface area contributed by atoms with E-state index in [1.807, 2.05) is 149 Å². The van der Waals surface area contributed by atoms with Crippen molar-refractivity contribution >= 4 is 15.2 Å². The Labute approximate surface area is 293 Å². The van der Waals surface area contributed by atoms with Gasteiger partial charge in [-0.3, -0.25) is 9.13 Å².